The highest BCUT2D eigenvalue weighted by Crippen LogP contribution is 2.36. The molecule has 3 nitrogen and oxygen atoms in total. The van der Waals surface area contributed by atoms with Crippen LogP contribution in [0, 0.1) is 0 Å². The Hall–Kier alpha value is -1.72. The summed E-state index contributed by atoms with van der Waals surface area (Å²) in [5, 5.41) is 0.726. The summed E-state index contributed by atoms with van der Waals surface area (Å²) in [6.07, 6.45) is 5.52. The van der Waals surface area contributed by atoms with Crippen LogP contribution in [0.3, 0.4) is 0 Å². The Morgan fingerprint density at radius 3 is 2.53 bits per heavy atom. The average molecular weight is 486 g/mol. The third-order valence-electron chi connectivity index (χ3n) is 5.92. The lowest BCUT2D eigenvalue weighted by Gasteiger charge is -2.32. The van der Waals surface area contributed by atoms with Crippen molar-refractivity contribution in [3.8, 4) is 0 Å². The molecular formula is C25H26BrClN2O. The monoisotopic (exact) mass is 484 g/mol. The molecule has 156 valence electrons. The molecule has 1 aliphatic heterocycles. The van der Waals surface area contributed by atoms with Crippen LogP contribution in [-0.4, -0.2) is 55.4 Å². The van der Waals surface area contributed by atoms with Crippen molar-refractivity contribution in [2.75, 3.05) is 39.8 Å². The topological polar surface area (TPSA) is 23.6 Å². The summed E-state index contributed by atoms with van der Waals surface area (Å²) in [4.78, 5) is 18.0. The number of benzene rings is 2. The molecule has 1 saturated heterocycles. The summed E-state index contributed by atoms with van der Waals surface area (Å²) >= 11 is 9.56. The molecule has 5 heteroatoms. The van der Waals surface area contributed by atoms with Crippen LogP contribution in [0.2, 0.25) is 5.02 Å². The number of hydrogen-bond acceptors (Lipinski definition) is 3. The fourth-order valence-electron chi connectivity index (χ4n) is 4.12. The van der Waals surface area contributed by atoms with Gasteiger partial charge in [0, 0.05) is 54.2 Å². The normalized spacial score (nSPS) is 17.7. The summed E-state index contributed by atoms with van der Waals surface area (Å²) < 4.78 is 1.05. The van der Waals surface area contributed by atoms with Crippen molar-refractivity contribution in [2.45, 2.75) is 12.8 Å². The average Bonchev–Trinajstić information content (AvgIpc) is 3.10. The van der Waals surface area contributed by atoms with Gasteiger partial charge < -0.3 is 9.80 Å². The van der Waals surface area contributed by atoms with Gasteiger partial charge in [0.1, 0.15) is 0 Å². The molecule has 2 aromatic carbocycles. The minimum atomic E-state index is 0.241. The Bertz CT molecular complexity index is 989. The second-order valence-corrected chi connectivity index (χ2v) is 9.43. The van der Waals surface area contributed by atoms with Crippen molar-refractivity contribution >= 4 is 45.0 Å². The summed E-state index contributed by atoms with van der Waals surface area (Å²) in [6.45, 7) is 5.05. The third-order valence-corrected chi connectivity index (χ3v) is 6.66. The molecule has 0 bridgehead atoms. The summed E-state index contributed by atoms with van der Waals surface area (Å²) in [7, 11) is 2.15. The number of allylic oxidation sites excluding steroid dienone is 3. The highest BCUT2D eigenvalue weighted by atomic mass is 79.9. The zero-order chi connectivity index (χ0) is 21.1. The second-order valence-electron chi connectivity index (χ2n) is 8.08. The van der Waals surface area contributed by atoms with Gasteiger partial charge in [-0.05, 0) is 60.0 Å². The number of ketones is 1. The smallest absolute Gasteiger partial charge is 0.165 e. The number of likely N-dealkylation sites (N-methyl/N-ethyl adjacent to an activating group) is 1. The molecule has 0 saturated carbocycles. The molecule has 1 heterocycles. The van der Waals surface area contributed by atoms with Gasteiger partial charge in [-0.1, -0.05) is 57.9 Å². The molecule has 0 spiro atoms. The quantitative estimate of drug-likeness (QED) is 0.552. The fourth-order valence-corrected chi connectivity index (χ4v) is 4.65. The Balaban J connectivity index is 1.55. The summed E-state index contributed by atoms with van der Waals surface area (Å²) in [5.74, 6) is 0.241. The summed E-state index contributed by atoms with van der Waals surface area (Å²) in [6, 6.07) is 14.0. The number of nitrogens with zero attached hydrogens (tertiary/aromatic N) is 2. The van der Waals surface area contributed by atoms with Crippen LogP contribution >= 0.6 is 27.5 Å². The Labute approximate surface area is 192 Å². The number of carbonyl (C=O) groups is 1. The maximum atomic E-state index is 13.3. The van der Waals surface area contributed by atoms with E-state index in [2.05, 4.69) is 57.1 Å². The number of Topliss-reactive ketones (excluding diaryl/α,β-unsaturated/α-hetero) is 1. The first kappa shape index (κ1) is 21.5. The molecule has 2 aliphatic rings. The van der Waals surface area contributed by atoms with Crippen molar-refractivity contribution in [1.82, 2.24) is 9.80 Å². The van der Waals surface area contributed by atoms with E-state index in [1.54, 1.807) is 0 Å². The van der Waals surface area contributed by atoms with E-state index in [1.807, 2.05) is 30.3 Å². The molecule has 2 aromatic rings. The van der Waals surface area contributed by atoms with Crippen LogP contribution in [0.15, 0.2) is 58.6 Å². The highest BCUT2D eigenvalue weighted by molar-refractivity contribution is 9.10. The Morgan fingerprint density at radius 1 is 1.07 bits per heavy atom. The number of carbonyl (C=O) groups excluding carboxylic acids is 1. The molecule has 0 aromatic heterocycles. The van der Waals surface area contributed by atoms with E-state index in [0.29, 0.717) is 6.42 Å². The van der Waals surface area contributed by atoms with Crippen molar-refractivity contribution in [1.29, 1.82) is 0 Å². The minimum absolute atomic E-state index is 0.241. The van der Waals surface area contributed by atoms with Gasteiger partial charge in [0.15, 0.2) is 5.78 Å². The van der Waals surface area contributed by atoms with E-state index in [4.69, 9.17) is 11.6 Å². The van der Waals surface area contributed by atoms with Crippen molar-refractivity contribution < 1.29 is 4.79 Å². The zero-order valence-electron chi connectivity index (χ0n) is 17.2. The van der Waals surface area contributed by atoms with Crippen LogP contribution in [0.25, 0.3) is 11.6 Å². The molecule has 0 unspecified atom stereocenters. The first-order valence-electron chi connectivity index (χ1n) is 10.4. The van der Waals surface area contributed by atoms with Crippen molar-refractivity contribution in [2.24, 2.45) is 0 Å². The first-order valence-corrected chi connectivity index (χ1v) is 11.6. The van der Waals surface area contributed by atoms with Gasteiger partial charge in [-0.2, -0.15) is 0 Å². The van der Waals surface area contributed by atoms with E-state index in [-0.39, 0.29) is 5.78 Å². The SMILES string of the molecule is CN1CCN(CCC(=O)C2=C(/C=C/c3ccc(Cl)cc3)Cc3cc(Br)ccc32)CC1. The van der Waals surface area contributed by atoms with Crippen LogP contribution in [0.5, 0.6) is 0 Å². The van der Waals surface area contributed by atoms with Crippen LogP contribution in [-0.2, 0) is 11.2 Å². The lowest BCUT2D eigenvalue weighted by Crippen LogP contribution is -2.45. The molecular weight excluding hydrogens is 460 g/mol. The largest absolute Gasteiger partial charge is 0.304 e. The molecule has 30 heavy (non-hydrogen) atoms. The number of fused-ring (bicyclic) bond motifs is 1. The van der Waals surface area contributed by atoms with Crippen LogP contribution < -0.4 is 0 Å². The number of piperazine rings is 1. The third kappa shape index (κ3) is 5.12. The number of halogens is 2. The van der Waals surface area contributed by atoms with Gasteiger partial charge in [-0.3, -0.25) is 4.79 Å². The maximum absolute atomic E-state index is 13.3. The van der Waals surface area contributed by atoms with Crippen molar-refractivity contribution in [3.05, 3.63) is 80.3 Å². The van der Waals surface area contributed by atoms with Gasteiger partial charge in [-0.15, -0.1) is 0 Å². The van der Waals surface area contributed by atoms with Crippen LogP contribution in [0.4, 0.5) is 0 Å². The molecule has 0 atom stereocenters. The van der Waals surface area contributed by atoms with Crippen molar-refractivity contribution in [3.63, 3.8) is 0 Å². The Kier molecular flexibility index (Phi) is 6.89. The van der Waals surface area contributed by atoms with Crippen LogP contribution in [0.1, 0.15) is 23.1 Å². The predicted molar refractivity (Wildman–Crippen MR) is 129 cm³/mol. The minimum Gasteiger partial charge on any atom is -0.304 e. The van der Waals surface area contributed by atoms with E-state index in [9.17, 15) is 4.79 Å². The lowest BCUT2D eigenvalue weighted by molar-refractivity contribution is -0.114. The van der Waals surface area contributed by atoms with E-state index < -0.39 is 0 Å². The summed E-state index contributed by atoms with van der Waals surface area (Å²) in [5.41, 5.74) is 5.35. The van der Waals surface area contributed by atoms with Gasteiger partial charge in [0.05, 0.1) is 0 Å². The molecule has 1 fully saturated rings. The zero-order valence-corrected chi connectivity index (χ0v) is 19.5. The van der Waals surface area contributed by atoms with E-state index in [0.717, 1.165) is 70.9 Å². The second kappa shape index (κ2) is 9.61. The number of rotatable bonds is 6. The standard InChI is InChI=1S/C25H26BrClN2O/c1-28-12-14-29(15-13-28)11-10-24(30)25-19(5-2-18-3-7-22(27)8-4-18)16-20-17-21(26)6-9-23(20)25/h2-9,17H,10-16H2,1H3/b5-2+. The first-order chi connectivity index (χ1) is 14.5. The maximum Gasteiger partial charge on any atom is 0.165 e. The van der Waals surface area contributed by atoms with Gasteiger partial charge in [-0.25, -0.2) is 0 Å². The Morgan fingerprint density at radius 2 is 1.80 bits per heavy atom. The fraction of sp³-hybridized carbons (Fsp3) is 0.320. The molecule has 4 rings (SSSR count). The van der Waals surface area contributed by atoms with Gasteiger partial charge in [0.25, 0.3) is 0 Å². The predicted octanol–water partition coefficient (Wildman–Crippen LogP) is 5.33. The van der Waals surface area contributed by atoms with Gasteiger partial charge >= 0.3 is 0 Å². The number of hydrogen-bond donors (Lipinski definition) is 0. The van der Waals surface area contributed by atoms with Gasteiger partial charge in [0.2, 0.25) is 0 Å². The molecule has 1 aliphatic carbocycles. The molecule has 0 N–H and O–H groups in total. The molecule has 0 amide bonds. The molecule has 0 radical (unpaired) electrons. The lowest BCUT2D eigenvalue weighted by atomic mass is 9.98. The highest BCUT2D eigenvalue weighted by Gasteiger charge is 2.26. The van der Waals surface area contributed by atoms with E-state index >= 15 is 0 Å². The van der Waals surface area contributed by atoms with E-state index in [1.165, 1.54) is 5.56 Å².